The van der Waals surface area contributed by atoms with Crippen LogP contribution in [-0.2, 0) is 6.42 Å². The van der Waals surface area contributed by atoms with E-state index < -0.39 is 0 Å². The molecule has 2 aromatic rings. The predicted octanol–water partition coefficient (Wildman–Crippen LogP) is 4.54. The van der Waals surface area contributed by atoms with Crippen molar-refractivity contribution in [2.45, 2.75) is 26.3 Å². The lowest BCUT2D eigenvalue weighted by molar-refractivity contribution is 0.646. The average Bonchev–Trinajstić information content (AvgIpc) is 2.38. The Morgan fingerprint density at radius 3 is 2.32 bits per heavy atom. The van der Waals surface area contributed by atoms with Crippen molar-refractivity contribution in [2.75, 3.05) is 0 Å². The highest BCUT2D eigenvalue weighted by molar-refractivity contribution is 14.1. The molecule has 0 saturated heterocycles. The molecule has 0 aliphatic carbocycles. The van der Waals surface area contributed by atoms with Gasteiger partial charge in [0.2, 0.25) is 0 Å². The van der Waals surface area contributed by atoms with Gasteiger partial charge in [0.1, 0.15) is 0 Å². The molecule has 0 amide bonds. The second-order valence-corrected chi connectivity index (χ2v) is 6.62. The predicted molar refractivity (Wildman–Crippen MR) is 90.2 cm³/mol. The van der Waals surface area contributed by atoms with Crippen molar-refractivity contribution in [1.29, 1.82) is 0 Å². The molecule has 1 nitrogen and oxygen atoms in total. The fourth-order valence-corrected chi connectivity index (χ4v) is 2.61. The maximum Gasteiger partial charge on any atom is 0.0551 e. The minimum Gasteiger partial charge on any atom is -0.320 e. The maximum absolute atomic E-state index is 6.36. The molecule has 0 bridgehead atoms. The lowest BCUT2D eigenvalue weighted by Gasteiger charge is -2.14. The first-order valence-corrected chi connectivity index (χ1v) is 7.74. The summed E-state index contributed by atoms with van der Waals surface area (Å²) < 4.78 is 1.24. The first kappa shape index (κ1) is 14.5. The van der Waals surface area contributed by atoms with Crippen molar-refractivity contribution in [1.82, 2.24) is 0 Å². The zero-order valence-corrected chi connectivity index (χ0v) is 13.6. The van der Waals surface area contributed by atoms with Crippen LogP contribution in [0.25, 0.3) is 0 Å². The van der Waals surface area contributed by atoms with Crippen LogP contribution in [0.15, 0.2) is 48.5 Å². The maximum atomic E-state index is 6.36. The first-order chi connectivity index (χ1) is 9.06. The van der Waals surface area contributed by atoms with Crippen LogP contribution < -0.4 is 5.73 Å². The Kier molecular flexibility index (Phi) is 4.99. The SMILES string of the molecule is CC(C)Cc1cccc(C(N)c2ccc(I)cc2)c1. The van der Waals surface area contributed by atoms with Gasteiger partial charge < -0.3 is 5.73 Å². The van der Waals surface area contributed by atoms with Gasteiger partial charge in [-0.1, -0.05) is 50.2 Å². The van der Waals surface area contributed by atoms with E-state index in [2.05, 4.69) is 85.0 Å². The normalized spacial score (nSPS) is 12.7. The van der Waals surface area contributed by atoms with Crippen LogP contribution in [-0.4, -0.2) is 0 Å². The van der Waals surface area contributed by atoms with Gasteiger partial charge in [0.05, 0.1) is 6.04 Å². The average molecular weight is 365 g/mol. The molecule has 100 valence electrons. The quantitative estimate of drug-likeness (QED) is 0.792. The zero-order chi connectivity index (χ0) is 13.8. The highest BCUT2D eigenvalue weighted by Crippen LogP contribution is 2.22. The smallest absolute Gasteiger partial charge is 0.0551 e. The van der Waals surface area contributed by atoms with Gasteiger partial charge in [0.25, 0.3) is 0 Å². The Labute approximate surface area is 129 Å². The molecular weight excluding hydrogens is 345 g/mol. The van der Waals surface area contributed by atoms with Crippen molar-refractivity contribution in [3.05, 3.63) is 68.8 Å². The summed E-state index contributed by atoms with van der Waals surface area (Å²) in [6.45, 7) is 4.48. The van der Waals surface area contributed by atoms with E-state index in [9.17, 15) is 0 Å². The van der Waals surface area contributed by atoms with Gasteiger partial charge in [0.15, 0.2) is 0 Å². The van der Waals surface area contributed by atoms with Gasteiger partial charge in [-0.05, 0) is 63.8 Å². The van der Waals surface area contributed by atoms with Gasteiger partial charge in [-0.3, -0.25) is 0 Å². The summed E-state index contributed by atoms with van der Waals surface area (Å²) in [6, 6.07) is 17.0. The van der Waals surface area contributed by atoms with Crippen LogP contribution in [0.3, 0.4) is 0 Å². The number of nitrogens with two attached hydrogens (primary N) is 1. The van der Waals surface area contributed by atoms with Crippen molar-refractivity contribution < 1.29 is 0 Å². The summed E-state index contributed by atoms with van der Waals surface area (Å²) >= 11 is 2.31. The van der Waals surface area contributed by atoms with E-state index in [1.54, 1.807) is 0 Å². The second-order valence-electron chi connectivity index (χ2n) is 5.37. The molecule has 1 unspecified atom stereocenters. The van der Waals surface area contributed by atoms with Crippen LogP contribution in [0.5, 0.6) is 0 Å². The first-order valence-electron chi connectivity index (χ1n) is 6.66. The monoisotopic (exact) mass is 365 g/mol. The zero-order valence-electron chi connectivity index (χ0n) is 11.4. The van der Waals surface area contributed by atoms with Crippen molar-refractivity contribution in [3.8, 4) is 0 Å². The molecule has 19 heavy (non-hydrogen) atoms. The van der Waals surface area contributed by atoms with Crippen LogP contribution in [0, 0.1) is 9.49 Å². The third-order valence-corrected chi connectivity index (χ3v) is 3.90. The highest BCUT2D eigenvalue weighted by Gasteiger charge is 2.09. The largest absolute Gasteiger partial charge is 0.320 e. The topological polar surface area (TPSA) is 26.0 Å². The van der Waals surface area contributed by atoms with E-state index >= 15 is 0 Å². The molecule has 0 aromatic heterocycles. The molecule has 0 fully saturated rings. The van der Waals surface area contributed by atoms with Crippen LogP contribution in [0.4, 0.5) is 0 Å². The van der Waals surface area contributed by atoms with E-state index in [4.69, 9.17) is 5.73 Å². The fourth-order valence-electron chi connectivity index (χ4n) is 2.25. The molecule has 0 saturated carbocycles. The fraction of sp³-hybridized carbons (Fsp3) is 0.294. The Balaban J connectivity index is 2.23. The summed E-state index contributed by atoms with van der Waals surface area (Å²) in [5, 5.41) is 0. The Morgan fingerprint density at radius 2 is 1.68 bits per heavy atom. The summed E-state index contributed by atoms with van der Waals surface area (Å²) in [6.07, 6.45) is 1.10. The van der Waals surface area contributed by atoms with E-state index in [-0.39, 0.29) is 6.04 Å². The second kappa shape index (κ2) is 6.53. The van der Waals surface area contributed by atoms with Gasteiger partial charge in [-0.15, -0.1) is 0 Å². The van der Waals surface area contributed by atoms with Crippen LogP contribution >= 0.6 is 22.6 Å². The Bertz CT molecular complexity index is 531. The van der Waals surface area contributed by atoms with E-state index in [0.717, 1.165) is 6.42 Å². The highest BCUT2D eigenvalue weighted by atomic mass is 127. The van der Waals surface area contributed by atoms with Gasteiger partial charge >= 0.3 is 0 Å². The molecule has 2 aromatic carbocycles. The van der Waals surface area contributed by atoms with Gasteiger partial charge in [-0.2, -0.15) is 0 Å². The third kappa shape index (κ3) is 4.05. The number of rotatable bonds is 4. The Hall–Kier alpha value is -0.870. The summed E-state index contributed by atoms with van der Waals surface area (Å²) in [7, 11) is 0. The molecule has 0 heterocycles. The lowest BCUT2D eigenvalue weighted by Crippen LogP contribution is -2.12. The standard InChI is InChI=1S/C17H20IN/c1-12(2)10-13-4-3-5-15(11-13)17(19)14-6-8-16(18)9-7-14/h3-9,11-12,17H,10,19H2,1-2H3. The van der Waals surface area contributed by atoms with E-state index in [0.29, 0.717) is 5.92 Å². The van der Waals surface area contributed by atoms with Crippen molar-refractivity contribution >= 4 is 22.6 Å². The minimum absolute atomic E-state index is 0.0379. The van der Waals surface area contributed by atoms with E-state index in [1.807, 2.05) is 0 Å². The molecule has 2 heteroatoms. The molecule has 0 aliphatic rings. The third-order valence-electron chi connectivity index (χ3n) is 3.18. The number of hydrogen-bond acceptors (Lipinski definition) is 1. The Morgan fingerprint density at radius 1 is 1.00 bits per heavy atom. The van der Waals surface area contributed by atoms with Crippen molar-refractivity contribution in [3.63, 3.8) is 0 Å². The van der Waals surface area contributed by atoms with Crippen LogP contribution in [0.1, 0.15) is 36.6 Å². The van der Waals surface area contributed by atoms with Gasteiger partial charge in [0, 0.05) is 3.57 Å². The lowest BCUT2D eigenvalue weighted by atomic mass is 9.95. The van der Waals surface area contributed by atoms with Gasteiger partial charge in [-0.25, -0.2) is 0 Å². The minimum atomic E-state index is -0.0379. The summed E-state index contributed by atoms with van der Waals surface area (Å²) in [5.41, 5.74) is 10.1. The van der Waals surface area contributed by atoms with E-state index in [1.165, 1.54) is 20.3 Å². The van der Waals surface area contributed by atoms with Crippen LogP contribution in [0.2, 0.25) is 0 Å². The molecule has 2 N–H and O–H groups in total. The molecule has 0 aliphatic heterocycles. The molecule has 2 rings (SSSR count). The number of benzene rings is 2. The molecule has 0 radical (unpaired) electrons. The molecule has 0 spiro atoms. The summed E-state index contributed by atoms with van der Waals surface area (Å²) in [4.78, 5) is 0. The number of hydrogen-bond donors (Lipinski definition) is 1. The van der Waals surface area contributed by atoms with Crippen molar-refractivity contribution in [2.24, 2.45) is 11.7 Å². The summed E-state index contributed by atoms with van der Waals surface area (Å²) in [5.74, 6) is 0.671. The molecular formula is C17H20IN. The number of halogens is 1. The molecule has 1 atom stereocenters.